The number of nitrogens with one attached hydrogen (secondary N) is 1. The molecule has 3 rings (SSSR count). The Balaban J connectivity index is 1.69. The van der Waals surface area contributed by atoms with Crippen molar-refractivity contribution < 1.29 is 9.53 Å². The maximum Gasteiger partial charge on any atom is 0.223 e. The van der Waals surface area contributed by atoms with Crippen molar-refractivity contribution in [1.29, 1.82) is 0 Å². The lowest BCUT2D eigenvalue weighted by atomic mass is 9.95. The molecule has 5 nitrogen and oxygen atoms in total. The highest BCUT2D eigenvalue weighted by Crippen LogP contribution is 2.32. The first-order valence-electron chi connectivity index (χ1n) is 9.24. The van der Waals surface area contributed by atoms with E-state index in [9.17, 15) is 4.79 Å². The second kappa shape index (κ2) is 8.99. The van der Waals surface area contributed by atoms with Crippen molar-refractivity contribution >= 4 is 17.5 Å². The molecule has 1 aromatic rings. The third-order valence-corrected chi connectivity index (χ3v) is 5.86. The Morgan fingerprint density at radius 3 is 2.80 bits per heavy atom. The molecule has 1 aliphatic heterocycles. The van der Waals surface area contributed by atoms with Crippen LogP contribution in [-0.4, -0.2) is 50.2 Å². The van der Waals surface area contributed by atoms with Gasteiger partial charge in [0.1, 0.15) is 0 Å². The van der Waals surface area contributed by atoms with Gasteiger partial charge in [-0.2, -0.15) is 0 Å². The average Bonchev–Trinajstić information content (AvgIpc) is 3.13. The zero-order chi connectivity index (χ0) is 17.6. The number of amides is 1. The molecule has 1 unspecified atom stereocenters. The summed E-state index contributed by atoms with van der Waals surface area (Å²) in [5.41, 5.74) is 6.89. The number of rotatable bonds is 6. The summed E-state index contributed by atoms with van der Waals surface area (Å²) < 4.78 is 5.48. The van der Waals surface area contributed by atoms with E-state index in [2.05, 4.69) is 10.2 Å². The van der Waals surface area contributed by atoms with Crippen LogP contribution in [-0.2, 0) is 9.53 Å². The smallest absolute Gasteiger partial charge is 0.223 e. The summed E-state index contributed by atoms with van der Waals surface area (Å²) in [5, 5.41) is 3.92. The highest BCUT2D eigenvalue weighted by atomic mass is 35.5. The Morgan fingerprint density at radius 2 is 2.08 bits per heavy atom. The molecule has 138 valence electrons. The normalized spacial score (nSPS) is 25.7. The summed E-state index contributed by atoms with van der Waals surface area (Å²) in [6.07, 6.45) is 3.10. The minimum Gasteiger partial charge on any atom is -0.379 e. The standard InChI is InChI=1S/C19H28ClN3O2/c20-17-7-2-1-5-16(17)18(23-8-10-25-11-9-23)13-22-19(24)15-6-3-4-14(15)12-21/h1-2,5,7,14-15,18H,3-4,6,8-13,21H2,(H,22,24)/t14-,15-,18?/m1/s1. The Morgan fingerprint density at radius 1 is 1.32 bits per heavy atom. The van der Waals surface area contributed by atoms with E-state index in [1.165, 1.54) is 0 Å². The Bertz CT molecular complexity index is 578. The minimum atomic E-state index is 0.0570. The highest BCUT2D eigenvalue weighted by molar-refractivity contribution is 6.31. The monoisotopic (exact) mass is 365 g/mol. The van der Waals surface area contributed by atoms with Crippen molar-refractivity contribution in [2.75, 3.05) is 39.4 Å². The number of hydrogen-bond acceptors (Lipinski definition) is 4. The van der Waals surface area contributed by atoms with Gasteiger partial charge in [-0.05, 0) is 36.9 Å². The largest absolute Gasteiger partial charge is 0.379 e. The van der Waals surface area contributed by atoms with Gasteiger partial charge in [-0.15, -0.1) is 0 Å². The van der Waals surface area contributed by atoms with Crippen molar-refractivity contribution in [3.05, 3.63) is 34.9 Å². The Kier molecular flexibility index (Phi) is 6.70. The molecule has 0 spiro atoms. The van der Waals surface area contributed by atoms with E-state index >= 15 is 0 Å². The van der Waals surface area contributed by atoms with E-state index < -0.39 is 0 Å². The molecule has 1 aromatic carbocycles. The lowest BCUT2D eigenvalue weighted by Gasteiger charge is -2.35. The number of carbonyl (C=O) groups excluding carboxylic acids is 1. The topological polar surface area (TPSA) is 67.6 Å². The van der Waals surface area contributed by atoms with Gasteiger partial charge in [0.15, 0.2) is 0 Å². The molecule has 3 N–H and O–H groups in total. The predicted molar refractivity (Wildman–Crippen MR) is 99.5 cm³/mol. The molecule has 1 aliphatic carbocycles. The van der Waals surface area contributed by atoms with E-state index in [4.69, 9.17) is 22.1 Å². The van der Waals surface area contributed by atoms with Crippen LogP contribution in [0.1, 0.15) is 30.9 Å². The van der Waals surface area contributed by atoms with Gasteiger partial charge in [0.2, 0.25) is 5.91 Å². The molecule has 2 aliphatic rings. The second-order valence-corrected chi connectivity index (χ2v) is 7.37. The van der Waals surface area contributed by atoms with Crippen LogP contribution in [0.15, 0.2) is 24.3 Å². The van der Waals surface area contributed by atoms with E-state index in [0.717, 1.165) is 42.9 Å². The Labute approximate surface area is 154 Å². The molecule has 0 bridgehead atoms. The van der Waals surface area contributed by atoms with Crippen molar-refractivity contribution in [3.8, 4) is 0 Å². The molecule has 1 saturated carbocycles. The molecule has 3 atom stereocenters. The third kappa shape index (κ3) is 4.53. The third-order valence-electron chi connectivity index (χ3n) is 5.52. The lowest BCUT2D eigenvalue weighted by Crippen LogP contribution is -2.45. The summed E-state index contributed by atoms with van der Waals surface area (Å²) >= 11 is 6.44. The van der Waals surface area contributed by atoms with Gasteiger partial charge in [0, 0.05) is 30.6 Å². The van der Waals surface area contributed by atoms with Gasteiger partial charge < -0.3 is 15.8 Å². The van der Waals surface area contributed by atoms with Crippen molar-refractivity contribution in [3.63, 3.8) is 0 Å². The van der Waals surface area contributed by atoms with Gasteiger partial charge in [0.05, 0.1) is 19.3 Å². The molecule has 2 fully saturated rings. The van der Waals surface area contributed by atoms with Crippen LogP contribution in [0.5, 0.6) is 0 Å². The number of carbonyl (C=O) groups is 1. The maximum absolute atomic E-state index is 12.7. The molecule has 0 radical (unpaired) electrons. The van der Waals surface area contributed by atoms with E-state index in [0.29, 0.717) is 32.2 Å². The zero-order valence-corrected chi connectivity index (χ0v) is 15.4. The van der Waals surface area contributed by atoms with Crippen molar-refractivity contribution in [2.24, 2.45) is 17.6 Å². The molecular weight excluding hydrogens is 338 g/mol. The van der Waals surface area contributed by atoms with E-state index in [1.807, 2.05) is 24.3 Å². The van der Waals surface area contributed by atoms with Gasteiger partial charge in [-0.25, -0.2) is 0 Å². The number of morpholine rings is 1. The molecule has 25 heavy (non-hydrogen) atoms. The van der Waals surface area contributed by atoms with Gasteiger partial charge in [-0.3, -0.25) is 9.69 Å². The fourth-order valence-electron chi connectivity index (χ4n) is 4.06. The van der Waals surface area contributed by atoms with Gasteiger partial charge >= 0.3 is 0 Å². The molecule has 0 aromatic heterocycles. The molecule has 1 saturated heterocycles. The SMILES string of the molecule is NC[C@H]1CCC[C@H]1C(=O)NCC(c1ccccc1Cl)N1CCOCC1. The van der Waals surface area contributed by atoms with Crippen LogP contribution in [0.3, 0.4) is 0 Å². The fourth-order valence-corrected chi connectivity index (χ4v) is 4.32. The lowest BCUT2D eigenvalue weighted by molar-refractivity contribution is -0.126. The number of nitrogens with zero attached hydrogens (tertiary/aromatic N) is 1. The van der Waals surface area contributed by atoms with E-state index in [1.54, 1.807) is 0 Å². The minimum absolute atomic E-state index is 0.0570. The molecule has 1 heterocycles. The molecule has 1 amide bonds. The zero-order valence-electron chi connectivity index (χ0n) is 14.6. The number of benzene rings is 1. The highest BCUT2D eigenvalue weighted by Gasteiger charge is 2.33. The Hall–Kier alpha value is -1.14. The number of hydrogen-bond donors (Lipinski definition) is 2. The summed E-state index contributed by atoms with van der Waals surface area (Å²) in [4.78, 5) is 15.0. The fraction of sp³-hybridized carbons (Fsp3) is 0.632. The van der Waals surface area contributed by atoms with Crippen molar-refractivity contribution in [2.45, 2.75) is 25.3 Å². The van der Waals surface area contributed by atoms with Crippen molar-refractivity contribution in [1.82, 2.24) is 10.2 Å². The number of nitrogens with two attached hydrogens (primary N) is 1. The van der Waals surface area contributed by atoms with Gasteiger partial charge in [-0.1, -0.05) is 36.2 Å². The quantitative estimate of drug-likeness (QED) is 0.811. The second-order valence-electron chi connectivity index (χ2n) is 6.96. The maximum atomic E-state index is 12.7. The predicted octanol–water partition coefficient (Wildman–Crippen LogP) is 2.20. The molecular formula is C19H28ClN3O2. The van der Waals surface area contributed by atoms with E-state index in [-0.39, 0.29) is 17.9 Å². The van der Waals surface area contributed by atoms with Crippen LogP contribution in [0.4, 0.5) is 0 Å². The van der Waals surface area contributed by atoms with Crippen LogP contribution in [0.2, 0.25) is 5.02 Å². The first-order chi connectivity index (χ1) is 12.2. The van der Waals surface area contributed by atoms with Crippen LogP contribution >= 0.6 is 11.6 Å². The van der Waals surface area contributed by atoms with Crippen LogP contribution in [0, 0.1) is 11.8 Å². The van der Waals surface area contributed by atoms with Crippen LogP contribution < -0.4 is 11.1 Å². The average molecular weight is 366 g/mol. The molecule has 6 heteroatoms. The summed E-state index contributed by atoms with van der Waals surface area (Å²) in [6.45, 7) is 4.28. The number of halogens is 1. The summed E-state index contributed by atoms with van der Waals surface area (Å²) in [7, 11) is 0. The van der Waals surface area contributed by atoms with Gasteiger partial charge in [0.25, 0.3) is 0 Å². The number of ether oxygens (including phenoxy) is 1. The van der Waals surface area contributed by atoms with Crippen LogP contribution in [0.25, 0.3) is 0 Å². The summed E-state index contributed by atoms with van der Waals surface area (Å²) in [5.74, 6) is 0.516. The first kappa shape index (κ1) is 18.6. The first-order valence-corrected chi connectivity index (χ1v) is 9.62. The summed E-state index contributed by atoms with van der Waals surface area (Å²) in [6, 6.07) is 7.96.